The highest BCUT2D eigenvalue weighted by atomic mass is 16.5. The zero-order chi connectivity index (χ0) is 11.4. The number of rotatable bonds is 6. The summed E-state index contributed by atoms with van der Waals surface area (Å²) in [5.41, 5.74) is 5.91. The number of morpholine rings is 1. The quantitative estimate of drug-likeness (QED) is 0.701. The van der Waals surface area contributed by atoms with Crippen molar-refractivity contribution in [3.05, 3.63) is 0 Å². The van der Waals surface area contributed by atoms with Gasteiger partial charge < -0.3 is 10.5 Å². The van der Waals surface area contributed by atoms with Crippen molar-refractivity contribution in [1.82, 2.24) is 4.90 Å². The van der Waals surface area contributed by atoms with Crippen LogP contribution in [-0.4, -0.2) is 42.8 Å². The van der Waals surface area contributed by atoms with Crippen LogP contribution in [0.3, 0.4) is 0 Å². The van der Waals surface area contributed by atoms with Crippen LogP contribution < -0.4 is 5.73 Å². The summed E-state index contributed by atoms with van der Waals surface area (Å²) in [4.78, 5) is 2.58. The summed E-state index contributed by atoms with van der Waals surface area (Å²) in [7, 11) is 0. The molecule has 2 N–H and O–H groups in total. The van der Waals surface area contributed by atoms with Gasteiger partial charge in [0.2, 0.25) is 0 Å². The molecular formula is C13H26N2O. The molecule has 16 heavy (non-hydrogen) atoms. The third kappa shape index (κ3) is 2.96. The molecular weight excluding hydrogens is 200 g/mol. The minimum absolute atomic E-state index is 0.499. The first-order chi connectivity index (χ1) is 7.83. The zero-order valence-electron chi connectivity index (χ0n) is 10.5. The fourth-order valence-corrected chi connectivity index (χ4v) is 3.02. The second kappa shape index (κ2) is 5.99. The summed E-state index contributed by atoms with van der Waals surface area (Å²) >= 11 is 0. The molecule has 2 aliphatic heterocycles. The molecule has 0 aliphatic carbocycles. The van der Waals surface area contributed by atoms with Gasteiger partial charge in [-0.15, -0.1) is 0 Å². The van der Waals surface area contributed by atoms with E-state index in [-0.39, 0.29) is 0 Å². The minimum Gasteiger partial charge on any atom is -0.372 e. The monoisotopic (exact) mass is 226 g/mol. The average molecular weight is 226 g/mol. The van der Waals surface area contributed by atoms with Gasteiger partial charge >= 0.3 is 0 Å². The molecule has 0 saturated carbocycles. The van der Waals surface area contributed by atoms with Crippen LogP contribution in [0.1, 0.15) is 45.4 Å². The van der Waals surface area contributed by atoms with E-state index in [0.717, 1.165) is 19.6 Å². The summed E-state index contributed by atoms with van der Waals surface area (Å²) in [6.45, 7) is 5.30. The second-order valence-corrected chi connectivity index (χ2v) is 5.30. The lowest BCUT2D eigenvalue weighted by molar-refractivity contribution is -0.0527. The molecule has 0 radical (unpaired) electrons. The number of nitrogens with two attached hydrogens (primary N) is 1. The van der Waals surface area contributed by atoms with Crippen molar-refractivity contribution in [3.8, 4) is 0 Å². The van der Waals surface area contributed by atoms with Crippen molar-refractivity contribution in [3.63, 3.8) is 0 Å². The van der Waals surface area contributed by atoms with E-state index in [1.54, 1.807) is 0 Å². The molecule has 2 rings (SSSR count). The smallest absolute Gasteiger partial charge is 0.0707 e. The number of unbranched alkanes of at least 4 members (excludes halogenated alkanes) is 2. The molecule has 3 nitrogen and oxygen atoms in total. The molecule has 2 fully saturated rings. The molecule has 2 aliphatic rings. The van der Waals surface area contributed by atoms with Gasteiger partial charge in [0.05, 0.1) is 12.2 Å². The van der Waals surface area contributed by atoms with Crippen molar-refractivity contribution in [2.45, 2.75) is 63.7 Å². The van der Waals surface area contributed by atoms with Crippen LogP contribution in [0.25, 0.3) is 0 Å². The van der Waals surface area contributed by atoms with E-state index in [2.05, 4.69) is 11.8 Å². The minimum atomic E-state index is 0.499. The van der Waals surface area contributed by atoms with E-state index in [1.165, 1.54) is 38.5 Å². The Balaban J connectivity index is 1.79. The predicted molar refractivity (Wildman–Crippen MR) is 66.5 cm³/mol. The van der Waals surface area contributed by atoms with Gasteiger partial charge in [-0.25, -0.2) is 0 Å². The predicted octanol–water partition coefficient (Wildman–Crippen LogP) is 1.76. The number of ether oxygens (including phenoxy) is 1. The third-order valence-electron chi connectivity index (χ3n) is 4.00. The van der Waals surface area contributed by atoms with Gasteiger partial charge in [-0.2, -0.15) is 0 Å². The van der Waals surface area contributed by atoms with Crippen molar-refractivity contribution in [2.24, 2.45) is 5.73 Å². The van der Waals surface area contributed by atoms with Crippen molar-refractivity contribution >= 4 is 0 Å². The number of hydrogen-bond donors (Lipinski definition) is 1. The van der Waals surface area contributed by atoms with Gasteiger partial charge in [0.25, 0.3) is 0 Å². The standard InChI is InChI=1S/C13H26N2O/c1-2-3-4-5-11(8-14)15-9-12-6-7-13(10-15)16-12/h11-13H,2-10,14H2,1H3. The normalized spacial score (nSPS) is 31.9. The summed E-state index contributed by atoms with van der Waals surface area (Å²) < 4.78 is 5.87. The van der Waals surface area contributed by atoms with Gasteiger partial charge in [0.15, 0.2) is 0 Å². The maximum Gasteiger partial charge on any atom is 0.0707 e. The van der Waals surface area contributed by atoms with E-state index >= 15 is 0 Å². The number of likely N-dealkylation sites (tertiary alicyclic amines) is 1. The van der Waals surface area contributed by atoms with Crippen LogP contribution in [0, 0.1) is 0 Å². The molecule has 94 valence electrons. The average Bonchev–Trinajstić information content (AvgIpc) is 2.64. The molecule has 3 heteroatoms. The van der Waals surface area contributed by atoms with Gasteiger partial charge in [-0.1, -0.05) is 26.2 Å². The molecule has 0 aromatic rings. The fraction of sp³-hybridized carbons (Fsp3) is 1.00. The number of hydrogen-bond acceptors (Lipinski definition) is 3. The van der Waals surface area contributed by atoms with Crippen LogP contribution >= 0.6 is 0 Å². The van der Waals surface area contributed by atoms with Crippen LogP contribution in [0.2, 0.25) is 0 Å². The first kappa shape index (κ1) is 12.3. The Kier molecular flexibility index (Phi) is 4.62. The molecule has 0 spiro atoms. The van der Waals surface area contributed by atoms with Gasteiger partial charge in [0.1, 0.15) is 0 Å². The number of fused-ring (bicyclic) bond motifs is 2. The topological polar surface area (TPSA) is 38.5 Å². The van der Waals surface area contributed by atoms with Crippen molar-refractivity contribution in [2.75, 3.05) is 19.6 Å². The van der Waals surface area contributed by atoms with E-state index in [1.807, 2.05) is 0 Å². The molecule has 3 unspecified atom stereocenters. The lowest BCUT2D eigenvalue weighted by atomic mass is 10.1. The molecule has 3 atom stereocenters. The fourth-order valence-electron chi connectivity index (χ4n) is 3.02. The molecule has 2 bridgehead atoms. The highest BCUT2D eigenvalue weighted by Gasteiger charge is 2.35. The molecule has 0 aromatic heterocycles. The Bertz CT molecular complexity index is 198. The Labute approximate surface area is 99.3 Å². The largest absolute Gasteiger partial charge is 0.372 e. The SMILES string of the molecule is CCCCCC(CN)N1CC2CCC(C1)O2. The van der Waals surface area contributed by atoms with E-state index in [0.29, 0.717) is 18.2 Å². The van der Waals surface area contributed by atoms with Crippen molar-refractivity contribution in [1.29, 1.82) is 0 Å². The van der Waals surface area contributed by atoms with Crippen LogP contribution in [0.5, 0.6) is 0 Å². The maximum atomic E-state index is 5.91. The Morgan fingerprint density at radius 1 is 1.25 bits per heavy atom. The van der Waals surface area contributed by atoms with Crippen molar-refractivity contribution < 1.29 is 4.74 Å². The first-order valence-electron chi connectivity index (χ1n) is 6.93. The van der Waals surface area contributed by atoms with E-state index in [9.17, 15) is 0 Å². The third-order valence-corrected chi connectivity index (χ3v) is 4.00. The van der Waals surface area contributed by atoms with Gasteiger partial charge in [0, 0.05) is 25.7 Å². The van der Waals surface area contributed by atoms with Crippen LogP contribution in [-0.2, 0) is 4.74 Å². The lowest BCUT2D eigenvalue weighted by Gasteiger charge is -2.37. The van der Waals surface area contributed by atoms with E-state index < -0.39 is 0 Å². The van der Waals surface area contributed by atoms with Crippen LogP contribution in [0.15, 0.2) is 0 Å². The molecule has 0 amide bonds. The summed E-state index contributed by atoms with van der Waals surface area (Å²) in [6.07, 6.45) is 8.74. The molecule has 0 aromatic carbocycles. The Morgan fingerprint density at radius 2 is 1.94 bits per heavy atom. The summed E-state index contributed by atoms with van der Waals surface area (Å²) in [5, 5.41) is 0. The highest BCUT2D eigenvalue weighted by molar-refractivity contribution is 4.88. The molecule has 2 heterocycles. The number of nitrogens with zero attached hydrogens (tertiary/aromatic N) is 1. The van der Waals surface area contributed by atoms with Crippen LogP contribution in [0.4, 0.5) is 0 Å². The van der Waals surface area contributed by atoms with Gasteiger partial charge in [-0.05, 0) is 19.3 Å². The second-order valence-electron chi connectivity index (χ2n) is 5.30. The first-order valence-corrected chi connectivity index (χ1v) is 6.93. The maximum absolute atomic E-state index is 5.91. The van der Waals surface area contributed by atoms with Gasteiger partial charge in [-0.3, -0.25) is 4.90 Å². The highest BCUT2D eigenvalue weighted by Crippen LogP contribution is 2.28. The Hall–Kier alpha value is -0.120. The Morgan fingerprint density at radius 3 is 2.50 bits per heavy atom. The summed E-state index contributed by atoms with van der Waals surface area (Å²) in [5.74, 6) is 0. The zero-order valence-corrected chi connectivity index (χ0v) is 10.5. The lowest BCUT2D eigenvalue weighted by Crippen LogP contribution is -2.50. The summed E-state index contributed by atoms with van der Waals surface area (Å²) in [6, 6.07) is 0.596. The van der Waals surface area contributed by atoms with E-state index in [4.69, 9.17) is 10.5 Å². The molecule has 2 saturated heterocycles.